The number of amides is 2. The van der Waals surface area contributed by atoms with Gasteiger partial charge in [-0.3, -0.25) is 14.6 Å². The monoisotopic (exact) mass is 397 g/mol. The molecule has 1 saturated heterocycles. The van der Waals surface area contributed by atoms with Crippen molar-refractivity contribution >= 4 is 11.8 Å². The minimum Gasteiger partial charge on any atom is -0.459 e. The van der Waals surface area contributed by atoms with Crippen molar-refractivity contribution in [2.75, 3.05) is 13.2 Å². The molecule has 0 bridgehead atoms. The van der Waals surface area contributed by atoms with Crippen molar-refractivity contribution in [3.63, 3.8) is 0 Å². The first-order chi connectivity index (χ1) is 14.2. The summed E-state index contributed by atoms with van der Waals surface area (Å²) in [7, 11) is 0. The van der Waals surface area contributed by atoms with Gasteiger partial charge in [0.05, 0.1) is 12.4 Å². The molecule has 3 heterocycles. The second kappa shape index (κ2) is 9.22. The molecule has 2 fully saturated rings. The summed E-state index contributed by atoms with van der Waals surface area (Å²) >= 11 is 0. The summed E-state index contributed by atoms with van der Waals surface area (Å²) in [6, 6.07) is 6.28. The van der Waals surface area contributed by atoms with Gasteiger partial charge in [-0.2, -0.15) is 0 Å². The Morgan fingerprint density at radius 2 is 1.93 bits per heavy atom. The van der Waals surface area contributed by atoms with Crippen molar-refractivity contribution in [1.29, 1.82) is 0 Å². The Morgan fingerprint density at radius 3 is 2.59 bits per heavy atom. The second-order valence-electron chi connectivity index (χ2n) is 7.74. The van der Waals surface area contributed by atoms with E-state index in [2.05, 4.69) is 10.3 Å². The van der Waals surface area contributed by atoms with Gasteiger partial charge in [0.15, 0.2) is 5.76 Å². The van der Waals surface area contributed by atoms with Gasteiger partial charge < -0.3 is 19.4 Å². The molecule has 2 aliphatic rings. The molecule has 7 nitrogen and oxygen atoms in total. The van der Waals surface area contributed by atoms with Crippen molar-refractivity contribution in [3.05, 3.63) is 54.2 Å². The molecule has 1 aliphatic carbocycles. The van der Waals surface area contributed by atoms with Gasteiger partial charge in [-0.15, -0.1) is 0 Å². The van der Waals surface area contributed by atoms with E-state index in [1.54, 1.807) is 41.6 Å². The third kappa shape index (κ3) is 4.67. The van der Waals surface area contributed by atoms with E-state index in [4.69, 9.17) is 9.15 Å². The lowest BCUT2D eigenvalue weighted by Crippen LogP contribution is -2.48. The number of hydrogen-bond acceptors (Lipinski definition) is 5. The summed E-state index contributed by atoms with van der Waals surface area (Å²) in [6.07, 6.45) is 10.7. The fourth-order valence-corrected chi connectivity index (χ4v) is 4.22. The Labute approximate surface area is 170 Å². The molecule has 154 valence electrons. The number of ether oxygens (including phenoxy) is 1. The van der Waals surface area contributed by atoms with Gasteiger partial charge >= 0.3 is 0 Å². The second-order valence-corrected chi connectivity index (χ2v) is 7.74. The molecule has 0 unspecified atom stereocenters. The van der Waals surface area contributed by atoms with Crippen LogP contribution in [0, 0.1) is 0 Å². The highest BCUT2D eigenvalue weighted by atomic mass is 16.5. The zero-order valence-electron chi connectivity index (χ0n) is 16.5. The summed E-state index contributed by atoms with van der Waals surface area (Å²) in [5.41, 5.74) is 0.730. The number of carbonyl (C=O) groups excluding carboxylic acids is 2. The number of furan rings is 1. The van der Waals surface area contributed by atoms with E-state index in [1.165, 1.54) is 6.26 Å². The van der Waals surface area contributed by atoms with Gasteiger partial charge in [-0.25, -0.2) is 0 Å². The fourth-order valence-electron chi connectivity index (χ4n) is 4.22. The van der Waals surface area contributed by atoms with Gasteiger partial charge in [0.2, 0.25) is 5.91 Å². The molecule has 2 amide bonds. The molecule has 2 aromatic heterocycles. The SMILES string of the molecule is O=C(NC1CCCC1)[C@@H](c1ccncc1)N(C[C@@H]1CCCO1)C(=O)c1ccco1. The molecule has 2 atom stereocenters. The molecular formula is C22H27N3O4. The highest BCUT2D eigenvalue weighted by molar-refractivity contribution is 5.96. The van der Waals surface area contributed by atoms with Crippen molar-refractivity contribution in [2.45, 2.75) is 56.7 Å². The van der Waals surface area contributed by atoms with Crippen LogP contribution in [0.5, 0.6) is 0 Å². The van der Waals surface area contributed by atoms with Crippen LogP contribution in [0.25, 0.3) is 0 Å². The van der Waals surface area contributed by atoms with Crippen LogP contribution < -0.4 is 5.32 Å². The third-order valence-electron chi connectivity index (χ3n) is 5.70. The Balaban J connectivity index is 1.65. The van der Waals surface area contributed by atoms with E-state index in [0.29, 0.717) is 13.2 Å². The number of nitrogens with zero attached hydrogens (tertiary/aromatic N) is 2. The highest BCUT2D eigenvalue weighted by Gasteiger charge is 2.36. The number of rotatable bonds is 7. The summed E-state index contributed by atoms with van der Waals surface area (Å²) in [4.78, 5) is 32.4. The molecule has 0 spiro atoms. The van der Waals surface area contributed by atoms with Gasteiger partial charge in [0.1, 0.15) is 6.04 Å². The molecule has 2 aromatic rings. The third-order valence-corrected chi connectivity index (χ3v) is 5.70. The van der Waals surface area contributed by atoms with Crippen molar-refractivity contribution < 1.29 is 18.7 Å². The van der Waals surface area contributed by atoms with Gasteiger partial charge in [-0.05, 0) is 55.5 Å². The standard InChI is InChI=1S/C22H27N3O4/c26-21(24-17-5-1-2-6-17)20(16-9-11-23-12-10-16)25(15-18-7-3-13-28-18)22(27)19-8-4-14-29-19/h4,8-12,14,17-18,20H,1-3,5-7,13,15H2,(H,24,26)/t18-,20+/m0/s1. The Hall–Kier alpha value is -2.67. The van der Waals surface area contributed by atoms with Crippen LogP contribution in [-0.2, 0) is 9.53 Å². The zero-order chi connectivity index (χ0) is 20.1. The number of pyridine rings is 1. The Bertz CT molecular complexity index is 797. The van der Waals surface area contributed by atoms with Crippen molar-refractivity contribution in [2.24, 2.45) is 0 Å². The van der Waals surface area contributed by atoms with E-state index in [1.807, 2.05) is 0 Å². The lowest BCUT2D eigenvalue weighted by Gasteiger charge is -2.33. The topological polar surface area (TPSA) is 84.7 Å². The lowest BCUT2D eigenvalue weighted by atomic mass is 10.0. The van der Waals surface area contributed by atoms with Crippen LogP contribution in [0.1, 0.15) is 60.7 Å². The minimum absolute atomic E-state index is 0.0856. The molecule has 1 saturated carbocycles. The van der Waals surface area contributed by atoms with Gasteiger partial charge in [-0.1, -0.05) is 12.8 Å². The molecule has 0 aromatic carbocycles. The van der Waals surface area contributed by atoms with Crippen LogP contribution in [-0.4, -0.2) is 47.0 Å². The molecule has 1 N–H and O–H groups in total. The van der Waals surface area contributed by atoms with Crippen LogP contribution in [0.15, 0.2) is 47.3 Å². The number of hydrogen-bond donors (Lipinski definition) is 1. The Morgan fingerprint density at radius 1 is 1.14 bits per heavy atom. The van der Waals surface area contributed by atoms with E-state index in [0.717, 1.165) is 44.1 Å². The van der Waals surface area contributed by atoms with Crippen LogP contribution >= 0.6 is 0 Å². The minimum atomic E-state index is -0.764. The smallest absolute Gasteiger partial charge is 0.290 e. The first-order valence-electron chi connectivity index (χ1n) is 10.4. The normalized spacial score (nSPS) is 20.5. The van der Waals surface area contributed by atoms with Gasteiger partial charge in [0.25, 0.3) is 5.91 Å². The average Bonchev–Trinajstić information content (AvgIpc) is 3.51. The maximum absolute atomic E-state index is 13.4. The summed E-state index contributed by atoms with van der Waals surface area (Å²) in [5.74, 6) is -0.259. The average molecular weight is 397 g/mol. The summed E-state index contributed by atoms with van der Waals surface area (Å²) < 4.78 is 11.1. The molecule has 4 rings (SSSR count). The molecule has 29 heavy (non-hydrogen) atoms. The zero-order valence-corrected chi connectivity index (χ0v) is 16.5. The van der Waals surface area contributed by atoms with E-state index in [9.17, 15) is 9.59 Å². The molecule has 1 aliphatic heterocycles. The largest absolute Gasteiger partial charge is 0.459 e. The van der Waals surface area contributed by atoms with Crippen LogP contribution in [0.2, 0.25) is 0 Å². The van der Waals surface area contributed by atoms with E-state index >= 15 is 0 Å². The molecule has 7 heteroatoms. The first kappa shape index (κ1) is 19.6. The van der Waals surface area contributed by atoms with Crippen molar-refractivity contribution in [1.82, 2.24) is 15.2 Å². The van der Waals surface area contributed by atoms with Crippen LogP contribution in [0.4, 0.5) is 0 Å². The Kier molecular flexibility index (Phi) is 6.24. The van der Waals surface area contributed by atoms with Crippen LogP contribution in [0.3, 0.4) is 0 Å². The van der Waals surface area contributed by atoms with Crippen molar-refractivity contribution in [3.8, 4) is 0 Å². The predicted octanol–water partition coefficient (Wildman–Crippen LogP) is 3.10. The maximum atomic E-state index is 13.4. The van der Waals surface area contributed by atoms with E-state index < -0.39 is 6.04 Å². The van der Waals surface area contributed by atoms with Gasteiger partial charge in [0, 0.05) is 31.6 Å². The maximum Gasteiger partial charge on any atom is 0.290 e. The number of nitrogens with one attached hydrogen (secondary N) is 1. The fraction of sp³-hybridized carbons (Fsp3) is 0.500. The first-order valence-corrected chi connectivity index (χ1v) is 10.4. The molecule has 0 radical (unpaired) electrons. The number of aromatic nitrogens is 1. The summed E-state index contributed by atoms with van der Waals surface area (Å²) in [5, 5.41) is 3.16. The summed E-state index contributed by atoms with van der Waals surface area (Å²) in [6.45, 7) is 1.02. The molecular weight excluding hydrogens is 370 g/mol. The van der Waals surface area contributed by atoms with E-state index in [-0.39, 0.29) is 29.7 Å². The highest BCUT2D eigenvalue weighted by Crippen LogP contribution is 2.27. The number of carbonyl (C=O) groups is 2. The predicted molar refractivity (Wildman–Crippen MR) is 106 cm³/mol. The quantitative estimate of drug-likeness (QED) is 0.776. The lowest BCUT2D eigenvalue weighted by molar-refractivity contribution is -0.127.